The van der Waals surface area contributed by atoms with Gasteiger partial charge in [0.15, 0.2) is 11.2 Å². The van der Waals surface area contributed by atoms with E-state index in [1.54, 1.807) is 24.3 Å². The Hall–Kier alpha value is -3.31. The number of nitrogens with one attached hydrogen (secondary N) is 1. The van der Waals surface area contributed by atoms with E-state index >= 15 is 0 Å². The summed E-state index contributed by atoms with van der Waals surface area (Å²) >= 11 is 0. The number of ether oxygens (including phenoxy) is 1. The van der Waals surface area contributed by atoms with E-state index in [4.69, 9.17) is 4.74 Å². The molecule has 5 heteroatoms. The van der Waals surface area contributed by atoms with E-state index in [-0.39, 0.29) is 17.6 Å². The third kappa shape index (κ3) is 3.66. The number of hydrogen-bond acceptors (Lipinski definition) is 3. The first-order chi connectivity index (χ1) is 14.9. The molecule has 0 aliphatic carbocycles. The van der Waals surface area contributed by atoms with E-state index in [1.807, 2.05) is 50.2 Å². The molecule has 1 fully saturated rings. The lowest BCUT2D eigenvalue weighted by atomic mass is 9.76. The maximum Gasteiger partial charge on any atom is 0.260 e. The summed E-state index contributed by atoms with van der Waals surface area (Å²) in [5.74, 6) is -1.07. The van der Waals surface area contributed by atoms with Gasteiger partial charge in [-0.05, 0) is 54.3 Å². The molecule has 0 spiro atoms. The predicted molar refractivity (Wildman–Crippen MR) is 117 cm³/mol. The number of hydrogen-bond donors (Lipinski definition) is 1. The summed E-state index contributed by atoms with van der Waals surface area (Å²) in [6.07, 6.45) is 0.355. The van der Waals surface area contributed by atoms with E-state index in [2.05, 4.69) is 5.32 Å². The highest BCUT2D eigenvalue weighted by Gasteiger charge is 2.79. The summed E-state index contributed by atoms with van der Waals surface area (Å²) in [6.45, 7) is 3.97. The number of anilines is 1. The second kappa shape index (κ2) is 8.08. The largest absolute Gasteiger partial charge is 0.338 e. The summed E-state index contributed by atoms with van der Waals surface area (Å²) < 4.78 is 19.7. The number of Topliss-reactive ketones (excluding diaryl/α,β-unsaturated/α-hetero) is 1. The summed E-state index contributed by atoms with van der Waals surface area (Å²) in [5.41, 5.74) is -1.32. The number of carbonyl (C=O) groups is 2. The molecule has 1 aliphatic rings. The molecule has 2 unspecified atom stereocenters. The second-order valence-electron chi connectivity index (χ2n) is 8.23. The van der Waals surface area contributed by atoms with Crippen LogP contribution in [0.25, 0.3) is 0 Å². The maximum absolute atomic E-state index is 13.8. The molecule has 1 N–H and O–H groups in total. The number of carbonyl (C=O) groups excluding carboxylic acids is 2. The van der Waals surface area contributed by atoms with Crippen LogP contribution in [0.15, 0.2) is 84.9 Å². The van der Waals surface area contributed by atoms with Crippen LogP contribution in [0.3, 0.4) is 0 Å². The Morgan fingerprint density at radius 2 is 1.48 bits per heavy atom. The molecule has 1 aliphatic heterocycles. The highest BCUT2D eigenvalue weighted by Crippen LogP contribution is 2.61. The predicted octanol–water partition coefficient (Wildman–Crippen LogP) is 5.36. The zero-order valence-corrected chi connectivity index (χ0v) is 17.5. The minimum absolute atomic E-state index is 0.0909. The Kier molecular flexibility index (Phi) is 5.46. The van der Waals surface area contributed by atoms with Gasteiger partial charge in [-0.2, -0.15) is 0 Å². The first-order valence-corrected chi connectivity index (χ1v) is 10.3. The standard InChI is InChI=1S/C26H24FNO3/c1-18(2)17-25(24(30)28-22-11-7-4-8-12-22)26(31-25,20-9-5-3-6-10-20)23(29)19-13-15-21(27)16-14-19/h3-16,18H,17H2,1-2H3,(H,28,30). The van der Waals surface area contributed by atoms with Crippen molar-refractivity contribution >= 4 is 17.4 Å². The van der Waals surface area contributed by atoms with Crippen LogP contribution >= 0.6 is 0 Å². The molecule has 3 aromatic rings. The van der Waals surface area contributed by atoms with Crippen molar-refractivity contribution in [3.8, 4) is 0 Å². The Morgan fingerprint density at radius 1 is 0.903 bits per heavy atom. The van der Waals surface area contributed by atoms with Crippen molar-refractivity contribution in [2.24, 2.45) is 5.92 Å². The highest BCUT2D eigenvalue weighted by atomic mass is 19.1. The Labute approximate surface area is 181 Å². The molecule has 4 rings (SSSR count). The first kappa shape index (κ1) is 20.9. The number of ketones is 1. The molecule has 1 saturated heterocycles. The van der Waals surface area contributed by atoms with Gasteiger partial charge in [-0.15, -0.1) is 0 Å². The summed E-state index contributed by atoms with van der Waals surface area (Å²) in [4.78, 5) is 27.3. The Morgan fingerprint density at radius 3 is 2.06 bits per heavy atom. The van der Waals surface area contributed by atoms with Crippen LogP contribution in [0.5, 0.6) is 0 Å². The lowest BCUT2D eigenvalue weighted by Gasteiger charge is -2.21. The van der Waals surface area contributed by atoms with Gasteiger partial charge < -0.3 is 10.1 Å². The van der Waals surface area contributed by atoms with Crippen LogP contribution < -0.4 is 5.32 Å². The fourth-order valence-electron chi connectivity index (χ4n) is 4.18. The Balaban J connectivity index is 1.81. The molecule has 3 aromatic carbocycles. The smallest absolute Gasteiger partial charge is 0.260 e. The molecule has 1 amide bonds. The minimum atomic E-state index is -1.48. The molecule has 0 saturated carbocycles. The Bertz CT molecular complexity index is 1080. The van der Waals surface area contributed by atoms with Gasteiger partial charge in [-0.3, -0.25) is 9.59 Å². The van der Waals surface area contributed by atoms with Crippen molar-refractivity contribution in [3.63, 3.8) is 0 Å². The zero-order chi connectivity index (χ0) is 22.1. The van der Waals surface area contributed by atoms with E-state index in [0.29, 0.717) is 23.2 Å². The average Bonchev–Trinajstić information content (AvgIpc) is 3.45. The minimum Gasteiger partial charge on any atom is -0.338 e. The molecule has 2 atom stereocenters. The van der Waals surface area contributed by atoms with Crippen LogP contribution in [0, 0.1) is 11.7 Å². The van der Waals surface area contributed by atoms with Gasteiger partial charge in [0.1, 0.15) is 5.82 Å². The fraction of sp³-hybridized carbons (Fsp3) is 0.231. The fourth-order valence-corrected chi connectivity index (χ4v) is 4.18. The third-order valence-electron chi connectivity index (χ3n) is 5.55. The van der Waals surface area contributed by atoms with Gasteiger partial charge >= 0.3 is 0 Å². The third-order valence-corrected chi connectivity index (χ3v) is 5.55. The topological polar surface area (TPSA) is 58.7 Å². The van der Waals surface area contributed by atoms with Gasteiger partial charge in [0.05, 0.1) is 0 Å². The van der Waals surface area contributed by atoms with E-state index in [9.17, 15) is 14.0 Å². The van der Waals surface area contributed by atoms with Crippen LogP contribution in [-0.2, 0) is 15.1 Å². The molecule has 0 radical (unpaired) electrons. The molecule has 0 bridgehead atoms. The maximum atomic E-state index is 13.8. The number of amides is 1. The quantitative estimate of drug-likeness (QED) is 0.416. The molecular formula is C26H24FNO3. The summed E-state index contributed by atoms with van der Waals surface area (Å²) in [6, 6.07) is 23.5. The molecule has 4 nitrogen and oxygen atoms in total. The number of para-hydroxylation sites is 1. The van der Waals surface area contributed by atoms with Crippen LogP contribution in [0.1, 0.15) is 36.2 Å². The lowest BCUT2D eigenvalue weighted by Crippen LogP contribution is -2.42. The highest BCUT2D eigenvalue weighted by molar-refractivity contribution is 6.14. The summed E-state index contributed by atoms with van der Waals surface area (Å²) in [7, 11) is 0. The van der Waals surface area contributed by atoms with Crippen molar-refractivity contribution in [1.29, 1.82) is 0 Å². The lowest BCUT2D eigenvalue weighted by molar-refractivity contribution is -0.121. The van der Waals surface area contributed by atoms with Crippen molar-refractivity contribution in [3.05, 3.63) is 102 Å². The zero-order valence-electron chi connectivity index (χ0n) is 17.5. The van der Waals surface area contributed by atoms with Gasteiger partial charge in [0, 0.05) is 11.3 Å². The molecule has 31 heavy (non-hydrogen) atoms. The van der Waals surface area contributed by atoms with Crippen LogP contribution in [0.2, 0.25) is 0 Å². The van der Waals surface area contributed by atoms with Gasteiger partial charge in [0.25, 0.3) is 5.91 Å². The molecular weight excluding hydrogens is 393 g/mol. The average molecular weight is 417 g/mol. The number of rotatable bonds is 7. The van der Waals surface area contributed by atoms with Crippen LogP contribution in [0.4, 0.5) is 10.1 Å². The van der Waals surface area contributed by atoms with E-state index in [0.717, 1.165) is 0 Å². The van der Waals surface area contributed by atoms with Gasteiger partial charge in [-0.1, -0.05) is 62.4 Å². The SMILES string of the molecule is CC(C)CC1(C(=O)Nc2ccccc2)OC1(C(=O)c1ccc(F)cc1)c1ccccc1. The molecule has 0 aromatic heterocycles. The number of halogens is 1. The molecule has 158 valence electrons. The van der Waals surface area contributed by atoms with Crippen molar-refractivity contribution < 1.29 is 18.7 Å². The van der Waals surface area contributed by atoms with E-state index in [1.165, 1.54) is 24.3 Å². The number of benzene rings is 3. The van der Waals surface area contributed by atoms with Crippen molar-refractivity contribution in [2.75, 3.05) is 5.32 Å². The number of epoxide rings is 1. The van der Waals surface area contributed by atoms with Gasteiger partial charge in [-0.25, -0.2) is 4.39 Å². The van der Waals surface area contributed by atoms with Gasteiger partial charge in [0.2, 0.25) is 5.78 Å². The van der Waals surface area contributed by atoms with Crippen molar-refractivity contribution in [2.45, 2.75) is 31.5 Å². The normalized spacial score (nSPS) is 22.2. The monoisotopic (exact) mass is 417 g/mol. The van der Waals surface area contributed by atoms with Crippen LogP contribution in [-0.4, -0.2) is 17.3 Å². The van der Waals surface area contributed by atoms with E-state index < -0.39 is 17.0 Å². The second-order valence-corrected chi connectivity index (χ2v) is 8.23. The summed E-state index contributed by atoms with van der Waals surface area (Å²) in [5, 5.41) is 2.91. The first-order valence-electron chi connectivity index (χ1n) is 10.3. The molecule has 1 heterocycles. The van der Waals surface area contributed by atoms with Crippen molar-refractivity contribution in [1.82, 2.24) is 0 Å².